The molecular weight excluding hydrogens is 236 g/mol. The van der Waals surface area contributed by atoms with Crippen LogP contribution in [0, 0.1) is 5.92 Å². The number of hydrogen-bond acceptors (Lipinski definition) is 2. The topological polar surface area (TPSA) is 46.3 Å². The summed E-state index contributed by atoms with van der Waals surface area (Å²) in [5.41, 5.74) is 9.22. The normalized spacial score (nSPS) is 20.1. The number of nitrogens with zero attached hydrogens (tertiary/aromatic N) is 1. The predicted octanol–water partition coefficient (Wildman–Crippen LogP) is 2.73. The van der Waals surface area contributed by atoms with E-state index < -0.39 is 0 Å². The van der Waals surface area contributed by atoms with Gasteiger partial charge in [-0.3, -0.25) is 4.79 Å². The van der Waals surface area contributed by atoms with E-state index >= 15 is 0 Å². The molecule has 1 aromatic rings. The maximum Gasteiger partial charge on any atom is 0.225 e. The minimum Gasteiger partial charge on any atom is -0.399 e. The lowest BCUT2D eigenvalue weighted by atomic mass is 9.87. The van der Waals surface area contributed by atoms with Crippen molar-refractivity contribution in [2.45, 2.75) is 45.1 Å². The molecule has 1 saturated carbocycles. The Labute approximate surface area is 114 Å². The molecule has 3 rings (SSSR count). The van der Waals surface area contributed by atoms with Crippen LogP contribution < -0.4 is 5.73 Å². The quantitative estimate of drug-likeness (QED) is 0.787. The van der Waals surface area contributed by atoms with Crippen molar-refractivity contribution >= 4 is 11.6 Å². The maximum absolute atomic E-state index is 12.5. The van der Waals surface area contributed by atoms with Crippen LogP contribution in [0.25, 0.3) is 0 Å². The fraction of sp³-hybridized carbons (Fsp3) is 0.562. The van der Waals surface area contributed by atoms with Crippen LogP contribution in [0.15, 0.2) is 18.2 Å². The van der Waals surface area contributed by atoms with Gasteiger partial charge in [-0.05, 0) is 42.5 Å². The number of carbonyl (C=O) groups is 1. The maximum atomic E-state index is 12.5. The van der Waals surface area contributed by atoms with E-state index in [9.17, 15) is 4.79 Å². The van der Waals surface area contributed by atoms with Gasteiger partial charge < -0.3 is 10.6 Å². The zero-order valence-corrected chi connectivity index (χ0v) is 11.4. The highest BCUT2D eigenvalue weighted by Crippen LogP contribution is 2.28. The number of fused-ring (bicyclic) bond motifs is 1. The summed E-state index contributed by atoms with van der Waals surface area (Å²) in [4.78, 5) is 14.6. The molecule has 1 fully saturated rings. The smallest absolute Gasteiger partial charge is 0.225 e. The number of nitrogens with two attached hydrogens (primary N) is 1. The molecule has 102 valence electrons. The van der Waals surface area contributed by atoms with Crippen LogP contribution in [0.2, 0.25) is 0 Å². The largest absolute Gasteiger partial charge is 0.399 e. The van der Waals surface area contributed by atoms with Crippen molar-refractivity contribution in [2.24, 2.45) is 5.92 Å². The van der Waals surface area contributed by atoms with Gasteiger partial charge in [0.05, 0.1) is 0 Å². The lowest BCUT2D eigenvalue weighted by molar-refractivity contribution is -0.137. The molecule has 1 aliphatic heterocycles. The van der Waals surface area contributed by atoms with Gasteiger partial charge >= 0.3 is 0 Å². The molecule has 0 bridgehead atoms. The van der Waals surface area contributed by atoms with E-state index in [0.29, 0.717) is 5.91 Å². The minimum absolute atomic E-state index is 0.282. The fourth-order valence-electron chi connectivity index (χ4n) is 3.37. The Bertz CT molecular complexity index is 478. The lowest BCUT2D eigenvalue weighted by Crippen LogP contribution is -2.40. The highest BCUT2D eigenvalue weighted by Gasteiger charge is 2.28. The second-order valence-corrected chi connectivity index (χ2v) is 5.87. The first-order chi connectivity index (χ1) is 9.24. The van der Waals surface area contributed by atoms with Gasteiger partial charge in [-0.1, -0.05) is 25.3 Å². The SMILES string of the molecule is Nc1ccc2c(c1)CCN(C(=O)C1CCCCC1)C2. The van der Waals surface area contributed by atoms with E-state index in [1.54, 1.807) is 0 Å². The molecule has 1 amide bonds. The number of hydrogen-bond donors (Lipinski definition) is 1. The number of benzene rings is 1. The Balaban J connectivity index is 1.71. The minimum atomic E-state index is 0.282. The van der Waals surface area contributed by atoms with E-state index in [1.807, 2.05) is 6.07 Å². The van der Waals surface area contributed by atoms with Crippen molar-refractivity contribution < 1.29 is 4.79 Å². The molecular formula is C16H22N2O. The summed E-state index contributed by atoms with van der Waals surface area (Å²) in [5, 5.41) is 0. The van der Waals surface area contributed by atoms with Crippen LogP contribution >= 0.6 is 0 Å². The number of amides is 1. The van der Waals surface area contributed by atoms with Gasteiger partial charge in [0.25, 0.3) is 0 Å². The second-order valence-electron chi connectivity index (χ2n) is 5.87. The predicted molar refractivity (Wildman–Crippen MR) is 76.6 cm³/mol. The van der Waals surface area contributed by atoms with Crippen molar-refractivity contribution in [3.8, 4) is 0 Å². The molecule has 0 radical (unpaired) electrons. The van der Waals surface area contributed by atoms with Gasteiger partial charge in [-0.15, -0.1) is 0 Å². The highest BCUT2D eigenvalue weighted by atomic mass is 16.2. The number of carbonyl (C=O) groups excluding carboxylic acids is 1. The number of nitrogen functional groups attached to an aromatic ring is 1. The van der Waals surface area contributed by atoms with Crippen LogP contribution in [0.1, 0.15) is 43.2 Å². The monoisotopic (exact) mass is 258 g/mol. The Hall–Kier alpha value is -1.51. The third-order valence-electron chi connectivity index (χ3n) is 4.51. The van der Waals surface area contributed by atoms with Crippen molar-refractivity contribution in [1.82, 2.24) is 4.90 Å². The Morgan fingerprint density at radius 2 is 1.95 bits per heavy atom. The molecule has 1 aromatic carbocycles. The molecule has 19 heavy (non-hydrogen) atoms. The van der Waals surface area contributed by atoms with Crippen LogP contribution in [-0.2, 0) is 17.8 Å². The first-order valence-corrected chi connectivity index (χ1v) is 7.40. The molecule has 0 unspecified atom stereocenters. The molecule has 2 aliphatic rings. The molecule has 0 atom stereocenters. The average Bonchev–Trinajstić information content (AvgIpc) is 2.47. The molecule has 0 saturated heterocycles. The molecule has 2 N–H and O–H groups in total. The summed E-state index contributed by atoms with van der Waals surface area (Å²) in [7, 11) is 0. The number of rotatable bonds is 1. The zero-order chi connectivity index (χ0) is 13.2. The fourth-order valence-corrected chi connectivity index (χ4v) is 3.37. The summed E-state index contributed by atoms with van der Waals surface area (Å²) in [6.45, 7) is 1.62. The third kappa shape index (κ3) is 2.60. The van der Waals surface area contributed by atoms with Gasteiger partial charge in [-0.25, -0.2) is 0 Å². The summed E-state index contributed by atoms with van der Waals surface area (Å²) < 4.78 is 0. The highest BCUT2D eigenvalue weighted by molar-refractivity contribution is 5.79. The lowest BCUT2D eigenvalue weighted by Gasteiger charge is -2.33. The zero-order valence-electron chi connectivity index (χ0n) is 11.4. The molecule has 1 heterocycles. The van der Waals surface area contributed by atoms with Crippen molar-refractivity contribution in [1.29, 1.82) is 0 Å². The molecule has 3 heteroatoms. The first-order valence-electron chi connectivity index (χ1n) is 7.40. The first kappa shape index (κ1) is 12.5. The van der Waals surface area contributed by atoms with E-state index in [0.717, 1.165) is 38.0 Å². The van der Waals surface area contributed by atoms with Crippen LogP contribution in [-0.4, -0.2) is 17.4 Å². The van der Waals surface area contributed by atoms with Gasteiger partial charge in [0.15, 0.2) is 0 Å². The standard InChI is InChI=1S/C16H22N2O/c17-15-7-6-14-11-18(9-8-13(14)10-15)16(19)12-4-2-1-3-5-12/h6-7,10,12H,1-5,8-9,11,17H2. The molecule has 0 aromatic heterocycles. The van der Waals surface area contributed by atoms with Crippen LogP contribution in [0.4, 0.5) is 5.69 Å². The van der Waals surface area contributed by atoms with Crippen LogP contribution in [0.3, 0.4) is 0 Å². The second kappa shape index (κ2) is 5.24. The summed E-state index contributed by atoms with van der Waals surface area (Å²) in [5.74, 6) is 0.659. The summed E-state index contributed by atoms with van der Waals surface area (Å²) in [6, 6.07) is 6.07. The van der Waals surface area contributed by atoms with Crippen molar-refractivity contribution in [3.05, 3.63) is 29.3 Å². The Morgan fingerprint density at radius 3 is 2.74 bits per heavy atom. The molecule has 1 aliphatic carbocycles. The van der Waals surface area contributed by atoms with Gasteiger partial charge in [0, 0.05) is 24.7 Å². The van der Waals surface area contributed by atoms with Crippen molar-refractivity contribution in [3.63, 3.8) is 0 Å². The van der Waals surface area contributed by atoms with Crippen molar-refractivity contribution in [2.75, 3.05) is 12.3 Å². The number of anilines is 1. The van der Waals surface area contributed by atoms with E-state index in [-0.39, 0.29) is 5.92 Å². The summed E-state index contributed by atoms with van der Waals surface area (Å²) in [6.07, 6.45) is 6.85. The van der Waals surface area contributed by atoms with Gasteiger partial charge in [-0.2, -0.15) is 0 Å². The molecule has 3 nitrogen and oxygen atoms in total. The summed E-state index contributed by atoms with van der Waals surface area (Å²) >= 11 is 0. The van der Waals surface area contributed by atoms with Crippen LogP contribution in [0.5, 0.6) is 0 Å². The Kier molecular flexibility index (Phi) is 3.45. The Morgan fingerprint density at radius 1 is 1.16 bits per heavy atom. The van der Waals surface area contributed by atoms with E-state index in [4.69, 9.17) is 5.73 Å². The molecule has 0 spiro atoms. The van der Waals surface area contributed by atoms with E-state index in [1.165, 1.54) is 30.4 Å². The van der Waals surface area contributed by atoms with Gasteiger partial charge in [0.2, 0.25) is 5.91 Å². The third-order valence-corrected chi connectivity index (χ3v) is 4.51. The van der Waals surface area contributed by atoms with Gasteiger partial charge in [0.1, 0.15) is 0 Å². The average molecular weight is 258 g/mol. The van der Waals surface area contributed by atoms with E-state index in [2.05, 4.69) is 17.0 Å².